The summed E-state index contributed by atoms with van der Waals surface area (Å²) in [6, 6.07) is 14.5. The number of aromatic hydroxyl groups is 1. The Morgan fingerprint density at radius 2 is 1.86 bits per heavy atom. The van der Waals surface area contributed by atoms with E-state index in [0.717, 1.165) is 17.0 Å². The van der Waals surface area contributed by atoms with E-state index in [0.29, 0.717) is 12.0 Å². The van der Waals surface area contributed by atoms with E-state index < -0.39 is 0 Å². The van der Waals surface area contributed by atoms with E-state index in [9.17, 15) is 9.90 Å². The molecule has 0 spiro atoms. The Bertz CT molecular complexity index is 795. The molecule has 2 aromatic carbocycles. The van der Waals surface area contributed by atoms with Crippen LogP contribution in [-0.4, -0.2) is 26.4 Å². The summed E-state index contributed by atoms with van der Waals surface area (Å²) in [6.45, 7) is 1.88. The van der Waals surface area contributed by atoms with Crippen LogP contribution in [0.15, 0.2) is 48.5 Å². The van der Waals surface area contributed by atoms with Crippen LogP contribution in [0.2, 0.25) is 0 Å². The van der Waals surface area contributed by atoms with Crippen molar-refractivity contribution in [2.75, 3.05) is 0 Å². The molecule has 0 radical (unpaired) electrons. The van der Waals surface area contributed by atoms with Gasteiger partial charge in [0.15, 0.2) is 6.29 Å². The molecule has 0 aliphatic rings. The molecule has 0 bridgehead atoms. The molecule has 1 aromatic heterocycles. The van der Waals surface area contributed by atoms with Gasteiger partial charge in [0.1, 0.15) is 11.4 Å². The van der Waals surface area contributed by atoms with Crippen LogP contribution in [0.25, 0.3) is 16.9 Å². The number of nitrogens with zero attached hydrogens (tertiary/aromatic N) is 3. The maximum Gasteiger partial charge on any atom is 0.153 e. The van der Waals surface area contributed by atoms with Crippen LogP contribution in [0.5, 0.6) is 5.75 Å². The molecule has 3 aromatic rings. The lowest BCUT2D eigenvalue weighted by molar-refractivity contribution is 0.112. The van der Waals surface area contributed by atoms with Crippen LogP contribution in [0.3, 0.4) is 0 Å². The molecule has 0 fully saturated rings. The molecule has 3 rings (SSSR count). The smallest absolute Gasteiger partial charge is 0.153 e. The standard InChI is InChI=1S/C16H13N3O2/c1-11-16(12-5-3-2-4-6-12)18-19(17-11)14-8-7-13(10-20)15(21)9-14/h2-10,21H,1H3. The van der Waals surface area contributed by atoms with Crippen molar-refractivity contribution in [3.05, 3.63) is 59.8 Å². The van der Waals surface area contributed by atoms with Crippen LogP contribution in [0.1, 0.15) is 16.1 Å². The lowest BCUT2D eigenvalue weighted by Crippen LogP contribution is -1.99. The summed E-state index contributed by atoms with van der Waals surface area (Å²) in [5, 5.41) is 18.6. The fraction of sp³-hybridized carbons (Fsp3) is 0.0625. The number of hydrogen-bond donors (Lipinski definition) is 1. The number of carbonyl (C=O) groups is 1. The van der Waals surface area contributed by atoms with Crippen LogP contribution in [0.4, 0.5) is 0 Å². The van der Waals surface area contributed by atoms with Crippen LogP contribution in [0, 0.1) is 6.92 Å². The van der Waals surface area contributed by atoms with E-state index in [1.807, 2.05) is 37.3 Å². The van der Waals surface area contributed by atoms with Gasteiger partial charge in [-0.1, -0.05) is 30.3 Å². The third kappa shape index (κ3) is 2.41. The first-order valence-corrected chi connectivity index (χ1v) is 6.47. The first kappa shape index (κ1) is 13.1. The molecule has 0 atom stereocenters. The highest BCUT2D eigenvalue weighted by Crippen LogP contribution is 2.23. The molecule has 0 unspecified atom stereocenters. The van der Waals surface area contributed by atoms with Gasteiger partial charge in [0.25, 0.3) is 0 Å². The minimum atomic E-state index is -0.0845. The molecule has 0 saturated heterocycles. The van der Waals surface area contributed by atoms with Gasteiger partial charge in [0.05, 0.1) is 16.9 Å². The second-order valence-corrected chi connectivity index (χ2v) is 4.65. The number of aldehydes is 1. The van der Waals surface area contributed by atoms with Crippen molar-refractivity contribution in [3.8, 4) is 22.7 Å². The van der Waals surface area contributed by atoms with Gasteiger partial charge in [-0.3, -0.25) is 4.79 Å². The largest absolute Gasteiger partial charge is 0.507 e. The third-order valence-corrected chi connectivity index (χ3v) is 3.20. The average Bonchev–Trinajstić information content (AvgIpc) is 2.90. The summed E-state index contributed by atoms with van der Waals surface area (Å²) >= 11 is 0. The molecule has 0 amide bonds. The maximum atomic E-state index is 10.7. The molecule has 21 heavy (non-hydrogen) atoms. The lowest BCUT2D eigenvalue weighted by atomic mass is 10.1. The van der Waals surface area contributed by atoms with Crippen LogP contribution < -0.4 is 0 Å². The summed E-state index contributed by atoms with van der Waals surface area (Å²) in [5.41, 5.74) is 3.40. The Hall–Kier alpha value is -2.95. The zero-order valence-corrected chi connectivity index (χ0v) is 11.4. The monoisotopic (exact) mass is 279 g/mol. The van der Waals surface area contributed by atoms with Gasteiger partial charge >= 0.3 is 0 Å². The Kier molecular flexibility index (Phi) is 3.23. The van der Waals surface area contributed by atoms with Crippen molar-refractivity contribution in [1.82, 2.24) is 15.0 Å². The van der Waals surface area contributed by atoms with Crippen molar-refractivity contribution in [1.29, 1.82) is 0 Å². The number of hydrogen-bond acceptors (Lipinski definition) is 4. The quantitative estimate of drug-likeness (QED) is 0.748. The van der Waals surface area contributed by atoms with Gasteiger partial charge in [0, 0.05) is 11.6 Å². The number of benzene rings is 2. The summed E-state index contributed by atoms with van der Waals surface area (Å²) in [5.74, 6) is -0.0845. The predicted octanol–water partition coefficient (Wildman–Crippen LogP) is 2.76. The fourth-order valence-corrected chi connectivity index (χ4v) is 2.11. The minimum absolute atomic E-state index is 0.0845. The number of rotatable bonds is 3. The number of carbonyl (C=O) groups excluding carboxylic acids is 1. The molecular formula is C16H13N3O2. The average molecular weight is 279 g/mol. The van der Waals surface area contributed by atoms with Crippen molar-refractivity contribution in [2.45, 2.75) is 6.92 Å². The molecule has 104 valence electrons. The second-order valence-electron chi connectivity index (χ2n) is 4.65. The maximum absolute atomic E-state index is 10.7. The SMILES string of the molecule is Cc1nn(-c2ccc(C=O)c(O)c2)nc1-c1ccccc1. The van der Waals surface area contributed by atoms with Gasteiger partial charge in [-0.15, -0.1) is 5.10 Å². The highest BCUT2D eigenvalue weighted by molar-refractivity contribution is 5.79. The second kappa shape index (κ2) is 5.20. The first-order chi connectivity index (χ1) is 10.2. The van der Waals surface area contributed by atoms with Crippen LogP contribution >= 0.6 is 0 Å². The van der Waals surface area contributed by atoms with Gasteiger partial charge < -0.3 is 5.11 Å². The van der Waals surface area contributed by atoms with Gasteiger partial charge in [-0.05, 0) is 19.1 Å². The topological polar surface area (TPSA) is 68.0 Å². The summed E-state index contributed by atoms with van der Waals surface area (Å²) in [7, 11) is 0. The molecule has 1 heterocycles. The number of phenolic OH excluding ortho intramolecular Hbond substituents is 1. The van der Waals surface area contributed by atoms with E-state index in [1.165, 1.54) is 10.9 Å². The van der Waals surface area contributed by atoms with Gasteiger partial charge in [-0.25, -0.2) is 0 Å². The van der Waals surface area contributed by atoms with Crippen molar-refractivity contribution >= 4 is 6.29 Å². The summed E-state index contributed by atoms with van der Waals surface area (Å²) in [6.07, 6.45) is 0.607. The van der Waals surface area contributed by atoms with Crippen LogP contribution in [-0.2, 0) is 0 Å². The molecule has 0 aliphatic heterocycles. The van der Waals surface area contributed by atoms with E-state index in [1.54, 1.807) is 12.1 Å². The summed E-state index contributed by atoms with van der Waals surface area (Å²) in [4.78, 5) is 12.2. The van der Waals surface area contributed by atoms with E-state index in [-0.39, 0.29) is 11.3 Å². The first-order valence-electron chi connectivity index (χ1n) is 6.47. The summed E-state index contributed by atoms with van der Waals surface area (Å²) < 4.78 is 0. The zero-order chi connectivity index (χ0) is 14.8. The molecule has 0 saturated carbocycles. The van der Waals surface area contributed by atoms with Crippen molar-refractivity contribution in [3.63, 3.8) is 0 Å². The third-order valence-electron chi connectivity index (χ3n) is 3.20. The Balaban J connectivity index is 2.05. The zero-order valence-electron chi connectivity index (χ0n) is 11.4. The molecule has 0 aliphatic carbocycles. The highest BCUT2D eigenvalue weighted by Gasteiger charge is 2.11. The Morgan fingerprint density at radius 3 is 2.52 bits per heavy atom. The van der Waals surface area contributed by atoms with E-state index >= 15 is 0 Å². The van der Waals surface area contributed by atoms with E-state index in [4.69, 9.17) is 0 Å². The fourth-order valence-electron chi connectivity index (χ4n) is 2.11. The Morgan fingerprint density at radius 1 is 1.10 bits per heavy atom. The van der Waals surface area contributed by atoms with Gasteiger partial charge in [-0.2, -0.15) is 9.90 Å². The molecular weight excluding hydrogens is 266 g/mol. The Labute approximate surface area is 121 Å². The van der Waals surface area contributed by atoms with Gasteiger partial charge in [0.2, 0.25) is 0 Å². The lowest BCUT2D eigenvalue weighted by Gasteiger charge is -2.02. The molecule has 1 N–H and O–H groups in total. The highest BCUT2D eigenvalue weighted by atomic mass is 16.3. The predicted molar refractivity (Wildman–Crippen MR) is 78.6 cm³/mol. The van der Waals surface area contributed by atoms with Crippen molar-refractivity contribution < 1.29 is 9.90 Å². The van der Waals surface area contributed by atoms with E-state index in [2.05, 4.69) is 10.2 Å². The normalized spacial score (nSPS) is 10.5. The minimum Gasteiger partial charge on any atom is -0.507 e. The molecule has 5 heteroatoms. The molecule has 5 nitrogen and oxygen atoms in total. The number of phenols is 1. The van der Waals surface area contributed by atoms with Crippen molar-refractivity contribution in [2.24, 2.45) is 0 Å². The number of aryl methyl sites for hydroxylation is 1. The number of aromatic nitrogens is 3.